The smallest absolute Gasteiger partial charge is 0.0975 e. The third kappa shape index (κ3) is 4.44. The summed E-state index contributed by atoms with van der Waals surface area (Å²) in [6.45, 7) is 9.57. The molecule has 1 heterocycles. The molecule has 0 unspecified atom stereocenters. The number of thiazole rings is 1. The number of nitrogens with one attached hydrogen (secondary N) is 1. The molecule has 2 rings (SSSR count). The fourth-order valence-electron chi connectivity index (χ4n) is 1.84. The van der Waals surface area contributed by atoms with Crippen LogP contribution in [0.3, 0.4) is 0 Å². The van der Waals surface area contributed by atoms with Crippen LogP contribution < -0.4 is 5.32 Å². The SMILES string of the molecule is Cc1nc(Cc2ccccc2)sc1CNC(C)(C)C. The van der Waals surface area contributed by atoms with E-state index in [2.05, 4.69) is 68.3 Å². The highest BCUT2D eigenvalue weighted by molar-refractivity contribution is 7.11. The minimum absolute atomic E-state index is 0.149. The lowest BCUT2D eigenvalue weighted by molar-refractivity contribution is 0.425. The zero-order valence-corrected chi connectivity index (χ0v) is 13.0. The molecule has 0 bridgehead atoms. The van der Waals surface area contributed by atoms with Crippen LogP contribution in [0.4, 0.5) is 0 Å². The van der Waals surface area contributed by atoms with Crippen molar-refractivity contribution in [3.8, 4) is 0 Å². The van der Waals surface area contributed by atoms with Crippen molar-refractivity contribution in [2.45, 2.75) is 46.2 Å². The Morgan fingerprint density at radius 2 is 1.84 bits per heavy atom. The molecule has 0 spiro atoms. The van der Waals surface area contributed by atoms with Gasteiger partial charge in [-0.15, -0.1) is 11.3 Å². The van der Waals surface area contributed by atoms with Crippen molar-refractivity contribution in [3.05, 3.63) is 51.5 Å². The molecule has 1 N–H and O–H groups in total. The van der Waals surface area contributed by atoms with E-state index in [-0.39, 0.29) is 5.54 Å². The Kier molecular flexibility index (Phi) is 4.38. The zero-order valence-electron chi connectivity index (χ0n) is 12.2. The topological polar surface area (TPSA) is 24.9 Å². The van der Waals surface area contributed by atoms with Crippen LogP contribution in [0.5, 0.6) is 0 Å². The molecule has 0 aliphatic heterocycles. The molecule has 1 aromatic heterocycles. The van der Waals surface area contributed by atoms with Gasteiger partial charge < -0.3 is 5.32 Å². The van der Waals surface area contributed by atoms with Gasteiger partial charge in [-0.25, -0.2) is 4.98 Å². The van der Waals surface area contributed by atoms with Gasteiger partial charge in [-0.3, -0.25) is 0 Å². The lowest BCUT2D eigenvalue weighted by atomic mass is 10.1. The first kappa shape index (κ1) is 14.2. The van der Waals surface area contributed by atoms with Gasteiger partial charge in [0.2, 0.25) is 0 Å². The van der Waals surface area contributed by atoms with Crippen LogP contribution in [0.25, 0.3) is 0 Å². The number of aromatic nitrogens is 1. The Morgan fingerprint density at radius 3 is 2.47 bits per heavy atom. The first-order chi connectivity index (χ1) is 8.94. The molecule has 0 aliphatic rings. The number of rotatable bonds is 4. The minimum Gasteiger partial charge on any atom is -0.307 e. The Morgan fingerprint density at radius 1 is 1.16 bits per heavy atom. The van der Waals surface area contributed by atoms with Crippen LogP contribution in [0.2, 0.25) is 0 Å². The maximum absolute atomic E-state index is 4.69. The molecule has 0 fully saturated rings. The maximum atomic E-state index is 4.69. The van der Waals surface area contributed by atoms with E-state index >= 15 is 0 Å². The summed E-state index contributed by atoms with van der Waals surface area (Å²) in [6.07, 6.45) is 0.932. The summed E-state index contributed by atoms with van der Waals surface area (Å²) in [5.41, 5.74) is 2.63. The van der Waals surface area contributed by atoms with E-state index in [0.717, 1.165) is 18.7 Å². The molecular formula is C16H22N2S. The van der Waals surface area contributed by atoms with Gasteiger partial charge >= 0.3 is 0 Å². The van der Waals surface area contributed by atoms with Crippen LogP contribution in [0, 0.1) is 6.92 Å². The van der Waals surface area contributed by atoms with Crippen molar-refractivity contribution in [2.24, 2.45) is 0 Å². The predicted molar refractivity (Wildman–Crippen MR) is 82.7 cm³/mol. The van der Waals surface area contributed by atoms with E-state index in [4.69, 9.17) is 0 Å². The maximum Gasteiger partial charge on any atom is 0.0975 e. The minimum atomic E-state index is 0.149. The number of hydrogen-bond acceptors (Lipinski definition) is 3. The van der Waals surface area contributed by atoms with Gasteiger partial charge in [0.05, 0.1) is 10.7 Å². The molecule has 0 amide bonds. The highest BCUT2D eigenvalue weighted by Crippen LogP contribution is 2.21. The molecule has 3 heteroatoms. The average molecular weight is 274 g/mol. The van der Waals surface area contributed by atoms with Crippen molar-refractivity contribution in [1.29, 1.82) is 0 Å². The van der Waals surface area contributed by atoms with Gasteiger partial charge in [-0.1, -0.05) is 30.3 Å². The van der Waals surface area contributed by atoms with E-state index < -0.39 is 0 Å². The number of aryl methyl sites for hydroxylation is 1. The molecular weight excluding hydrogens is 252 g/mol. The largest absolute Gasteiger partial charge is 0.307 e. The predicted octanol–water partition coefficient (Wildman–Crippen LogP) is 3.93. The van der Waals surface area contributed by atoms with Gasteiger partial charge in [0.25, 0.3) is 0 Å². The van der Waals surface area contributed by atoms with E-state index in [1.165, 1.54) is 15.4 Å². The first-order valence-corrected chi connectivity index (χ1v) is 7.50. The molecule has 19 heavy (non-hydrogen) atoms. The lowest BCUT2D eigenvalue weighted by Gasteiger charge is -2.19. The summed E-state index contributed by atoms with van der Waals surface area (Å²) in [4.78, 5) is 6.03. The fraction of sp³-hybridized carbons (Fsp3) is 0.438. The highest BCUT2D eigenvalue weighted by atomic mass is 32.1. The molecule has 1 aromatic carbocycles. The lowest BCUT2D eigenvalue weighted by Crippen LogP contribution is -2.34. The third-order valence-corrected chi connectivity index (χ3v) is 4.07. The van der Waals surface area contributed by atoms with Gasteiger partial charge in [0.1, 0.15) is 0 Å². The average Bonchev–Trinajstić information content (AvgIpc) is 2.67. The molecule has 2 nitrogen and oxygen atoms in total. The number of hydrogen-bond donors (Lipinski definition) is 1. The Hall–Kier alpha value is -1.19. The van der Waals surface area contributed by atoms with Gasteiger partial charge in [0.15, 0.2) is 0 Å². The normalized spacial score (nSPS) is 11.8. The fourth-order valence-corrected chi connectivity index (χ4v) is 2.89. The van der Waals surface area contributed by atoms with Crippen LogP contribution in [-0.4, -0.2) is 10.5 Å². The Balaban J connectivity index is 2.04. The van der Waals surface area contributed by atoms with Crippen LogP contribution in [0.15, 0.2) is 30.3 Å². The quantitative estimate of drug-likeness (QED) is 0.913. The summed E-state index contributed by atoms with van der Waals surface area (Å²) >= 11 is 1.82. The van der Waals surface area contributed by atoms with Crippen LogP contribution >= 0.6 is 11.3 Å². The standard InChI is InChI=1S/C16H22N2S/c1-12-14(11-17-16(2,3)4)19-15(18-12)10-13-8-6-5-7-9-13/h5-9,17H,10-11H2,1-4H3. The van der Waals surface area contributed by atoms with E-state index in [1.807, 2.05) is 11.3 Å². The van der Waals surface area contributed by atoms with Crippen LogP contribution in [0.1, 0.15) is 41.9 Å². The second-order valence-electron chi connectivity index (χ2n) is 5.88. The second-order valence-corrected chi connectivity index (χ2v) is 7.05. The van der Waals surface area contributed by atoms with Crippen molar-refractivity contribution in [1.82, 2.24) is 10.3 Å². The second kappa shape index (κ2) is 5.85. The monoisotopic (exact) mass is 274 g/mol. The van der Waals surface area contributed by atoms with Crippen molar-refractivity contribution < 1.29 is 0 Å². The number of benzene rings is 1. The molecule has 0 aliphatic carbocycles. The van der Waals surface area contributed by atoms with E-state index in [9.17, 15) is 0 Å². The first-order valence-electron chi connectivity index (χ1n) is 6.68. The third-order valence-electron chi connectivity index (χ3n) is 2.91. The molecule has 0 saturated heterocycles. The van der Waals surface area contributed by atoms with Crippen molar-refractivity contribution in [3.63, 3.8) is 0 Å². The molecule has 2 aromatic rings. The zero-order chi connectivity index (χ0) is 13.9. The Bertz CT molecular complexity index is 523. The highest BCUT2D eigenvalue weighted by Gasteiger charge is 2.12. The molecule has 0 saturated carbocycles. The van der Waals surface area contributed by atoms with Crippen molar-refractivity contribution >= 4 is 11.3 Å². The summed E-state index contributed by atoms with van der Waals surface area (Å²) in [5, 5.41) is 4.73. The van der Waals surface area contributed by atoms with Gasteiger partial charge in [0, 0.05) is 23.4 Å². The van der Waals surface area contributed by atoms with E-state index in [1.54, 1.807) is 0 Å². The molecule has 102 valence electrons. The number of nitrogens with zero attached hydrogens (tertiary/aromatic N) is 1. The van der Waals surface area contributed by atoms with Crippen LogP contribution in [-0.2, 0) is 13.0 Å². The van der Waals surface area contributed by atoms with Crippen molar-refractivity contribution in [2.75, 3.05) is 0 Å². The summed E-state index contributed by atoms with van der Waals surface area (Å²) < 4.78 is 0. The van der Waals surface area contributed by atoms with Gasteiger partial charge in [-0.05, 0) is 33.3 Å². The molecule has 0 atom stereocenters. The van der Waals surface area contributed by atoms with E-state index in [0.29, 0.717) is 0 Å². The summed E-state index contributed by atoms with van der Waals surface area (Å²) in [6, 6.07) is 10.5. The van der Waals surface area contributed by atoms with Gasteiger partial charge in [-0.2, -0.15) is 0 Å². The molecule has 0 radical (unpaired) electrons. The Labute approximate surface area is 119 Å². The summed E-state index contributed by atoms with van der Waals surface area (Å²) in [5.74, 6) is 0. The summed E-state index contributed by atoms with van der Waals surface area (Å²) in [7, 11) is 0.